The fraction of sp³-hybridized carbons (Fsp3) is 0.500. The first-order valence-electron chi connectivity index (χ1n) is 5.47. The molecule has 96 valence electrons. The maximum Gasteiger partial charge on any atom is 0.212 e. The van der Waals surface area contributed by atoms with Gasteiger partial charge in [-0.1, -0.05) is 44.2 Å². The Kier molecular flexibility index (Phi) is 4.68. The van der Waals surface area contributed by atoms with Crippen LogP contribution in [0.5, 0.6) is 0 Å². The summed E-state index contributed by atoms with van der Waals surface area (Å²) < 4.78 is 26.0. The van der Waals surface area contributed by atoms with Gasteiger partial charge in [0.25, 0.3) is 0 Å². The molecular formula is C12H19NO3S. The number of aliphatic hydroxyl groups is 1. The Morgan fingerprint density at radius 2 is 1.82 bits per heavy atom. The van der Waals surface area contributed by atoms with E-state index in [4.69, 9.17) is 5.11 Å². The minimum absolute atomic E-state index is 0.0800. The number of rotatable bonds is 6. The smallest absolute Gasteiger partial charge is 0.212 e. The number of nitrogens with one attached hydrogen (secondary N) is 1. The molecule has 0 atom stereocenters. The summed E-state index contributed by atoms with van der Waals surface area (Å²) in [5.74, 6) is -0.0800. The molecule has 0 spiro atoms. The van der Waals surface area contributed by atoms with Gasteiger partial charge < -0.3 is 5.11 Å². The molecule has 5 heteroatoms. The maximum absolute atomic E-state index is 11.8. The Balaban J connectivity index is 2.57. The van der Waals surface area contributed by atoms with Gasteiger partial charge in [-0.2, -0.15) is 0 Å². The van der Waals surface area contributed by atoms with Gasteiger partial charge in [0.15, 0.2) is 0 Å². The fourth-order valence-corrected chi connectivity index (χ4v) is 3.01. The van der Waals surface area contributed by atoms with E-state index in [1.54, 1.807) is 13.8 Å². The number of aliphatic hydroxyl groups excluding tert-OH is 1. The minimum Gasteiger partial charge on any atom is -0.396 e. The highest BCUT2D eigenvalue weighted by Crippen LogP contribution is 2.16. The number of hydrogen-bond donors (Lipinski definition) is 2. The van der Waals surface area contributed by atoms with Crippen molar-refractivity contribution in [1.82, 2.24) is 4.72 Å². The number of sulfonamides is 1. The van der Waals surface area contributed by atoms with Crippen molar-refractivity contribution in [3.63, 3.8) is 0 Å². The van der Waals surface area contributed by atoms with Crippen LogP contribution in [0.3, 0.4) is 0 Å². The summed E-state index contributed by atoms with van der Waals surface area (Å²) in [6, 6.07) is 9.33. The molecule has 0 saturated heterocycles. The molecule has 0 amide bonds. The third-order valence-corrected chi connectivity index (χ3v) is 4.09. The van der Waals surface area contributed by atoms with Crippen LogP contribution in [0.25, 0.3) is 0 Å². The third kappa shape index (κ3) is 5.30. The highest BCUT2D eigenvalue weighted by atomic mass is 32.2. The molecule has 0 heterocycles. The van der Waals surface area contributed by atoms with Crippen molar-refractivity contribution in [2.45, 2.75) is 20.4 Å². The standard InChI is InChI=1S/C12H19NO3S/c1-12(2,9-14)10-17(15,16)13-8-11-6-4-3-5-7-11/h3-7,13-14H,8-10H2,1-2H3. The zero-order valence-corrected chi connectivity index (χ0v) is 11.0. The predicted molar refractivity (Wildman–Crippen MR) is 67.9 cm³/mol. The van der Waals surface area contributed by atoms with Crippen LogP contribution in [-0.4, -0.2) is 25.9 Å². The van der Waals surface area contributed by atoms with Crippen LogP contribution >= 0.6 is 0 Å². The quantitative estimate of drug-likeness (QED) is 0.802. The van der Waals surface area contributed by atoms with E-state index in [0.29, 0.717) is 0 Å². The van der Waals surface area contributed by atoms with Gasteiger partial charge in [-0.25, -0.2) is 13.1 Å². The SMILES string of the molecule is CC(C)(CO)CS(=O)(=O)NCc1ccccc1. The second-order valence-corrected chi connectivity index (χ2v) is 6.69. The molecule has 1 rings (SSSR count). The summed E-state index contributed by atoms with van der Waals surface area (Å²) >= 11 is 0. The third-order valence-electron chi connectivity index (χ3n) is 2.35. The summed E-state index contributed by atoms with van der Waals surface area (Å²) in [4.78, 5) is 0. The molecule has 0 fully saturated rings. The Morgan fingerprint density at radius 3 is 2.35 bits per heavy atom. The van der Waals surface area contributed by atoms with E-state index in [1.807, 2.05) is 30.3 Å². The van der Waals surface area contributed by atoms with Crippen molar-refractivity contribution in [2.24, 2.45) is 5.41 Å². The van der Waals surface area contributed by atoms with Crippen LogP contribution in [0.4, 0.5) is 0 Å². The van der Waals surface area contributed by atoms with Crippen molar-refractivity contribution >= 4 is 10.0 Å². The average molecular weight is 257 g/mol. The van der Waals surface area contributed by atoms with Crippen molar-refractivity contribution in [1.29, 1.82) is 0 Å². The zero-order valence-electron chi connectivity index (χ0n) is 10.2. The van der Waals surface area contributed by atoms with Crippen LogP contribution in [0, 0.1) is 5.41 Å². The molecule has 0 aromatic heterocycles. The van der Waals surface area contributed by atoms with Gasteiger partial charge in [0.05, 0.1) is 5.75 Å². The largest absolute Gasteiger partial charge is 0.396 e. The second-order valence-electron chi connectivity index (χ2n) is 4.89. The van der Waals surface area contributed by atoms with E-state index in [0.717, 1.165) is 5.56 Å². The molecule has 0 saturated carbocycles. The van der Waals surface area contributed by atoms with E-state index in [9.17, 15) is 8.42 Å². The molecule has 1 aromatic rings. The van der Waals surface area contributed by atoms with Gasteiger partial charge in [0.1, 0.15) is 0 Å². The van der Waals surface area contributed by atoms with Crippen molar-refractivity contribution in [3.05, 3.63) is 35.9 Å². The van der Waals surface area contributed by atoms with Gasteiger partial charge in [-0.05, 0) is 5.56 Å². The van der Waals surface area contributed by atoms with E-state index >= 15 is 0 Å². The average Bonchev–Trinajstić information content (AvgIpc) is 2.27. The molecule has 0 aliphatic carbocycles. The lowest BCUT2D eigenvalue weighted by molar-refractivity contribution is 0.178. The topological polar surface area (TPSA) is 66.4 Å². The highest BCUT2D eigenvalue weighted by Gasteiger charge is 2.25. The Morgan fingerprint density at radius 1 is 1.24 bits per heavy atom. The van der Waals surface area contributed by atoms with Crippen LogP contribution in [0.1, 0.15) is 19.4 Å². The molecule has 0 aliphatic heterocycles. The second kappa shape index (κ2) is 5.62. The first-order chi connectivity index (χ1) is 7.85. The number of hydrogen-bond acceptors (Lipinski definition) is 3. The van der Waals surface area contributed by atoms with Crippen LogP contribution in [-0.2, 0) is 16.6 Å². The van der Waals surface area contributed by atoms with E-state index in [1.165, 1.54) is 0 Å². The lowest BCUT2D eigenvalue weighted by Gasteiger charge is -2.21. The Hall–Kier alpha value is -0.910. The molecule has 0 radical (unpaired) electrons. The summed E-state index contributed by atoms with van der Waals surface area (Å²) in [5, 5.41) is 9.05. The fourth-order valence-electron chi connectivity index (χ4n) is 1.40. The molecule has 4 nitrogen and oxygen atoms in total. The van der Waals surface area contributed by atoms with Crippen LogP contribution in [0.15, 0.2) is 30.3 Å². The maximum atomic E-state index is 11.8. The molecular weight excluding hydrogens is 238 g/mol. The van der Waals surface area contributed by atoms with Gasteiger partial charge in [-0.3, -0.25) is 0 Å². The molecule has 1 aromatic carbocycles. The van der Waals surface area contributed by atoms with E-state index < -0.39 is 15.4 Å². The molecule has 0 bridgehead atoms. The van der Waals surface area contributed by atoms with Crippen LogP contribution in [0.2, 0.25) is 0 Å². The lowest BCUT2D eigenvalue weighted by atomic mass is 9.98. The summed E-state index contributed by atoms with van der Waals surface area (Å²) in [7, 11) is -3.36. The van der Waals surface area contributed by atoms with Crippen molar-refractivity contribution in [2.75, 3.05) is 12.4 Å². The molecule has 2 N–H and O–H groups in total. The van der Waals surface area contributed by atoms with Gasteiger partial charge in [-0.15, -0.1) is 0 Å². The summed E-state index contributed by atoms with van der Waals surface area (Å²) in [6.45, 7) is 3.56. The number of benzene rings is 1. The summed E-state index contributed by atoms with van der Waals surface area (Å²) in [6.07, 6.45) is 0. The highest BCUT2D eigenvalue weighted by molar-refractivity contribution is 7.89. The van der Waals surface area contributed by atoms with Gasteiger partial charge in [0, 0.05) is 18.6 Å². The van der Waals surface area contributed by atoms with Gasteiger partial charge >= 0.3 is 0 Å². The Labute approximate surface area is 103 Å². The van der Waals surface area contributed by atoms with E-state index in [2.05, 4.69) is 4.72 Å². The lowest BCUT2D eigenvalue weighted by Crippen LogP contribution is -2.35. The van der Waals surface area contributed by atoms with Gasteiger partial charge in [0.2, 0.25) is 10.0 Å². The Bertz CT molecular complexity index is 440. The molecule has 17 heavy (non-hydrogen) atoms. The normalized spacial score (nSPS) is 12.6. The minimum atomic E-state index is -3.36. The first-order valence-corrected chi connectivity index (χ1v) is 7.12. The van der Waals surface area contributed by atoms with E-state index in [-0.39, 0.29) is 18.9 Å². The first kappa shape index (κ1) is 14.2. The zero-order chi connectivity index (χ0) is 12.9. The van der Waals surface area contributed by atoms with Crippen LogP contribution < -0.4 is 4.72 Å². The monoisotopic (exact) mass is 257 g/mol. The van der Waals surface area contributed by atoms with Crippen molar-refractivity contribution < 1.29 is 13.5 Å². The predicted octanol–water partition coefficient (Wildman–Crippen LogP) is 1.12. The van der Waals surface area contributed by atoms with Crippen molar-refractivity contribution in [3.8, 4) is 0 Å². The molecule has 0 unspecified atom stereocenters. The summed E-state index contributed by atoms with van der Waals surface area (Å²) in [5.41, 5.74) is 0.292. The molecule has 0 aliphatic rings.